The number of nitrogens with one attached hydrogen (secondary N) is 1. The van der Waals surface area contributed by atoms with Crippen LogP contribution in [0.25, 0.3) is 0 Å². The minimum atomic E-state index is -1.07. The number of carbonyl (C=O) groups is 3. The Balaban J connectivity index is 2.48. The van der Waals surface area contributed by atoms with Gasteiger partial charge in [-0.25, -0.2) is 4.79 Å². The highest BCUT2D eigenvalue weighted by molar-refractivity contribution is 6.02. The van der Waals surface area contributed by atoms with E-state index in [0.29, 0.717) is 6.54 Å². The molecule has 0 bridgehead atoms. The predicted molar refractivity (Wildman–Crippen MR) is 58.3 cm³/mol. The molecule has 1 fully saturated rings. The largest absolute Gasteiger partial charge is 0.516 e. The Bertz CT molecular complexity index is 331. The quantitative estimate of drug-likeness (QED) is 0.537. The number of ether oxygens (including phenoxy) is 2. The van der Waals surface area contributed by atoms with E-state index in [2.05, 4.69) is 10.1 Å². The molecule has 1 atom stereocenters. The third kappa shape index (κ3) is 4.52. The number of rotatable bonds is 1. The molecule has 1 rings (SSSR count). The Morgan fingerprint density at radius 3 is 2.53 bits per heavy atom. The first-order valence-electron chi connectivity index (χ1n) is 5.48. The van der Waals surface area contributed by atoms with Gasteiger partial charge in [0.05, 0.1) is 0 Å². The molecule has 0 spiro atoms. The molecule has 6 nitrogen and oxygen atoms in total. The molecule has 0 saturated carbocycles. The number of ketones is 1. The Morgan fingerprint density at radius 1 is 1.35 bits per heavy atom. The first-order valence-corrected chi connectivity index (χ1v) is 5.48. The number of hydrogen-bond acceptors (Lipinski definition) is 6. The number of Topliss-reactive ketones (excluding diaryl/α,β-unsaturated/α-hetero) is 1. The zero-order valence-electron chi connectivity index (χ0n) is 10.2. The van der Waals surface area contributed by atoms with Crippen molar-refractivity contribution in [3.63, 3.8) is 0 Å². The second-order valence-corrected chi connectivity index (χ2v) is 4.86. The summed E-state index contributed by atoms with van der Waals surface area (Å²) in [5.41, 5.74) is -0.730. The summed E-state index contributed by atoms with van der Waals surface area (Å²) in [5.74, 6) is -1.97. The van der Waals surface area contributed by atoms with E-state index in [9.17, 15) is 14.4 Å². The van der Waals surface area contributed by atoms with Crippen molar-refractivity contribution < 1.29 is 23.9 Å². The van der Waals surface area contributed by atoms with Crippen molar-refractivity contribution in [2.45, 2.75) is 32.8 Å². The number of piperidine rings is 1. The molecule has 17 heavy (non-hydrogen) atoms. The lowest BCUT2D eigenvalue weighted by molar-refractivity contribution is -0.150. The van der Waals surface area contributed by atoms with Crippen LogP contribution in [0, 0.1) is 5.92 Å². The van der Waals surface area contributed by atoms with Gasteiger partial charge in [0, 0.05) is 19.5 Å². The van der Waals surface area contributed by atoms with E-state index in [1.54, 1.807) is 20.8 Å². The number of carbonyl (C=O) groups excluding carboxylic acids is 3. The van der Waals surface area contributed by atoms with Crippen LogP contribution in [-0.2, 0) is 19.1 Å². The molecular formula is C11H17NO5. The molecule has 1 aliphatic heterocycles. The zero-order valence-corrected chi connectivity index (χ0v) is 10.2. The lowest BCUT2D eigenvalue weighted by Gasteiger charge is -2.21. The van der Waals surface area contributed by atoms with Gasteiger partial charge >= 0.3 is 12.1 Å². The van der Waals surface area contributed by atoms with Crippen molar-refractivity contribution in [3.8, 4) is 0 Å². The van der Waals surface area contributed by atoms with Crippen LogP contribution < -0.4 is 5.32 Å². The number of esters is 1. The average Bonchev–Trinajstić information content (AvgIpc) is 2.14. The smallest absolute Gasteiger partial charge is 0.428 e. The maximum atomic E-state index is 11.5. The van der Waals surface area contributed by atoms with Crippen LogP contribution in [0.3, 0.4) is 0 Å². The molecular weight excluding hydrogens is 226 g/mol. The lowest BCUT2D eigenvalue weighted by atomic mass is 9.98. The van der Waals surface area contributed by atoms with Crippen LogP contribution >= 0.6 is 0 Å². The fourth-order valence-electron chi connectivity index (χ4n) is 1.38. The van der Waals surface area contributed by atoms with Gasteiger partial charge in [0.25, 0.3) is 0 Å². The Morgan fingerprint density at radius 2 is 2.00 bits per heavy atom. The minimum absolute atomic E-state index is 0.209. The fourth-order valence-corrected chi connectivity index (χ4v) is 1.38. The van der Waals surface area contributed by atoms with Gasteiger partial charge in [-0.05, 0) is 20.8 Å². The van der Waals surface area contributed by atoms with Crippen molar-refractivity contribution in [3.05, 3.63) is 0 Å². The predicted octanol–water partition coefficient (Wildman–Crippen LogP) is 0.643. The van der Waals surface area contributed by atoms with Gasteiger partial charge in [-0.1, -0.05) is 0 Å². The second-order valence-electron chi connectivity index (χ2n) is 4.86. The lowest BCUT2D eigenvalue weighted by Crippen LogP contribution is -2.42. The van der Waals surface area contributed by atoms with Crippen molar-refractivity contribution in [2.75, 3.05) is 13.1 Å². The summed E-state index contributed by atoms with van der Waals surface area (Å²) in [7, 11) is 0. The summed E-state index contributed by atoms with van der Waals surface area (Å²) in [6.07, 6.45) is -0.797. The normalized spacial score (nSPS) is 20.9. The van der Waals surface area contributed by atoms with E-state index in [-0.39, 0.29) is 18.7 Å². The van der Waals surface area contributed by atoms with E-state index in [0.717, 1.165) is 0 Å². The van der Waals surface area contributed by atoms with Crippen LogP contribution in [0.1, 0.15) is 27.2 Å². The van der Waals surface area contributed by atoms with E-state index < -0.39 is 23.6 Å². The Kier molecular flexibility index (Phi) is 4.22. The molecule has 1 N–H and O–H groups in total. The highest BCUT2D eigenvalue weighted by Gasteiger charge is 2.32. The average molecular weight is 243 g/mol. The SMILES string of the molecule is CC(C)(C)OC(=O)OC(=O)C1CNCCC1=O. The van der Waals surface area contributed by atoms with Crippen LogP contribution in [0.5, 0.6) is 0 Å². The van der Waals surface area contributed by atoms with Crippen LogP contribution in [0.15, 0.2) is 0 Å². The molecule has 6 heteroatoms. The van der Waals surface area contributed by atoms with E-state index >= 15 is 0 Å². The Hall–Kier alpha value is -1.43. The first kappa shape index (κ1) is 13.6. The molecule has 96 valence electrons. The summed E-state index contributed by atoms with van der Waals surface area (Å²) >= 11 is 0. The van der Waals surface area contributed by atoms with Crippen molar-refractivity contribution in [1.29, 1.82) is 0 Å². The second kappa shape index (κ2) is 5.27. The molecule has 0 aliphatic carbocycles. The summed E-state index contributed by atoms with van der Waals surface area (Å²) in [5, 5.41) is 2.89. The highest BCUT2D eigenvalue weighted by Crippen LogP contribution is 2.12. The molecule has 0 amide bonds. The standard InChI is InChI=1S/C11H17NO5/c1-11(2,3)17-10(15)16-9(14)7-6-12-5-4-8(7)13/h7,12H,4-6H2,1-3H3. The summed E-state index contributed by atoms with van der Waals surface area (Å²) in [6.45, 7) is 5.74. The van der Waals surface area contributed by atoms with Crippen molar-refractivity contribution in [1.82, 2.24) is 5.32 Å². The van der Waals surface area contributed by atoms with Gasteiger partial charge in [0.15, 0.2) is 0 Å². The summed E-state index contributed by atoms with van der Waals surface area (Å²) in [6, 6.07) is 0. The number of hydrogen-bond donors (Lipinski definition) is 1. The third-order valence-electron chi connectivity index (χ3n) is 2.14. The van der Waals surface area contributed by atoms with E-state index in [1.165, 1.54) is 0 Å². The minimum Gasteiger partial charge on any atom is -0.428 e. The maximum Gasteiger partial charge on any atom is 0.516 e. The third-order valence-corrected chi connectivity index (χ3v) is 2.14. The zero-order chi connectivity index (χ0) is 13.1. The van der Waals surface area contributed by atoms with E-state index in [1.807, 2.05) is 0 Å². The molecule has 0 aromatic heterocycles. The first-order chi connectivity index (χ1) is 7.79. The van der Waals surface area contributed by atoms with E-state index in [4.69, 9.17) is 4.74 Å². The molecule has 1 saturated heterocycles. The van der Waals surface area contributed by atoms with Crippen LogP contribution in [0.2, 0.25) is 0 Å². The van der Waals surface area contributed by atoms with Crippen LogP contribution in [-0.4, -0.2) is 36.6 Å². The van der Waals surface area contributed by atoms with Gasteiger partial charge in [0.1, 0.15) is 17.3 Å². The van der Waals surface area contributed by atoms with Gasteiger partial charge in [0.2, 0.25) is 0 Å². The fraction of sp³-hybridized carbons (Fsp3) is 0.727. The molecule has 1 aliphatic rings. The summed E-state index contributed by atoms with van der Waals surface area (Å²) in [4.78, 5) is 34.2. The van der Waals surface area contributed by atoms with Crippen molar-refractivity contribution >= 4 is 17.9 Å². The van der Waals surface area contributed by atoms with Gasteiger partial charge in [-0.2, -0.15) is 0 Å². The molecule has 0 radical (unpaired) electrons. The topological polar surface area (TPSA) is 81.7 Å². The van der Waals surface area contributed by atoms with Gasteiger partial charge in [-0.3, -0.25) is 9.59 Å². The van der Waals surface area contributed by atoms with Crippen LogP contribution in [0.4, 0.5) is 4.79 Å². The molecule has 0 aromatic carbocycles. The Labute approximate surface area is 99.6 Å². The van der Waals surface area contributed by atoms with Gasteiger partial charge < -0.3 is 14.8 Å². The molecule has 1 unspecified atom stereocenters. The molecule has 1 heterocycles. The monoisotopic (exact) mass is 243 g/mol. The van der Waals surface area contributed by atoms with Gasteiger partial charge in [-0.15, -0.1) is 0 Å². The highest BCUT2D eigenvalue weighted by atomic mass is 16.7. The molecule has 0 aromatic rings. The summed E-state index contributed by atoms with van der Waals surface area (Å²) < 4.78 is 9.30. The van der Waals surface area contributed by atoms with Crippen molar-refractivity contribution in [2.24, 2.45) is 5.92 Å². The maximum absolute atomic E-state index is 11.5.